The average molecular weight is 909 g/mol. The maximum atomic E-state index is 10.0. The minimum Gasteiger partial charge on any atom is -0.508 e. The molecule has 1 N–H and O–H groups in total. The number of ether oxygens (including phenoxy) is 4. The van der Waals surface area contributed by atoms with Crippen molar-refractivity contribution in [2.45, 2.75) is 91.3 Å². The minimum absolute atomic E-state index is 0.114. The van der Waals surface area contributed by atoms with E-state index in [1.165, 1.54) is 43.9 Å². The summed E-state index contributed by atoms with van der Waals surface area (Å²) in [7, 11) is 1.74. The third-order valence-corrected chi connectivity index (χ3v) is 14.9. The van der Waals surface area contributed by atoms with Crippen LogP contribution in [0.15, 0.2) is 89.9 Å². The number of phenols is 1. The van der Waals surface area contributed by atoms with Crippen LogP contribution in [0.2, 0.25) is 0 Å². The maximum absolute atomic E-state index is 10.0. The molecule has 12 heteroatoms. The van der Waals surface area contributed by atoms with Crippen molar-refractivity contribution >= 4 is 22.7 Å². The molecule has 3 atom stereocenters. The van der Waals surface area contributed by atoms with Crippen LogP contribution in [0.4, 0.5) is 5.69 Å². The van der Waals surface area contributed by atoms with Crippen molar-refractivity contribution in [1.82, 2.24) is 19.7 Å². The summed E-state index contributed by atoms with van der Waals surface area (Å²) >= 11 is 1.77. The summed E-state index contributed by atoms with van der Waals surface area (Å²) in [4.78, 5) is 11.4. The highest BCUT2D eigenvalue weighted by Crippen LogP contribution is 2.41. The Balaban J connectivity index is 0.685. The van der Waals surface area contributed by atoms with Gasteiger partial charge in [0.15, 0.2) is 5.82 Å². The van der Waals surface area contributed by atoms with Gasteiger partial charge in [0, 0.05) is 60.5 Å². The van der Waals surface area contributed by atoms with Crippen molar-refractivity contribution in [1.29, 1.82) is 0 Å². The molecule has 9 rings (SSSR count). The van der Waals surface area contributed by atoms with Gasteiger partial charge >= 0.3 is 0 Å². The van der Waals surface area contributed by atoms with Crippen molar-refractivity contribution < 1.29 is 24.1 Å². The molecule has 0 bridgehead atoms. The fraction of sp³-hybridized carbons (Fsp3) is 0.426. The van der Waals surface area contributed by atoms with E-state index in [9.17, 15) is 5.11 Å². The molecular formula is C54H64N6O5S. The summed E-state index contributed by atoms with van der Waals surface area (Å²) < 4.78 is 26.0. The highest BCUT2D eigenvalue weighted by molar-refractivity contribution is 7.15. The first-order valence-electron chi connectivity index (χ1n) is 23.7. The molecule has 1 saturated heterocycles. The summed E-state index contributed by atoms with van der Waals surface area (Å²) in [6, 6.07) is 29.7. The molecule has 1 fully saturated rings. The molecule has 66 heavy (non-hydrogen) atoms. The van der Waals surface area contributed by atoms with Crippen LogP contribution in [0.5, 0.6) is 17.2 Å². The standard InChI is InChI=1S/C54H64N6O5S/c1-7-59(50-32-47(62-6)20-21-49(50)44-13-12-43-31-45(61)17-14-42(43)30-44)33-40-10-8-39(9-11-40)22-24-58-25-23-48(34-58)65-29-27-63-26-28-64-46-18-15-41(16-19-46)52-51-35(2)37(4)66-54(51)60-38(5)56-57-53(60)36(3)55-52/h8-11,14-21,31-32,36,44,48,61H,7,12-13,22-30,33-34H2,1-6H3/t36-,44+,48+/m0/s1. The van der Waals surface area contributed by atoms with Gasteiger partial charge in [-0.1, -0.05) is 36.4 Å². The van der Waals surface area contributed by atoms with Gasteiger partial charge in [0.25, 0.3) is 0 Å². The van der Waals surface area contributed by atoms with Gasteiger partial charge in [0.2, 0.25) is 0 Å². The zero-order valence-corrected chi connectivity index (χ0v) is 40.2. The lowest BCUT2D eigenvalue weighted by molar-refractivity contribution is 0.00324. The first-order valence-corrected chi connectivity index (χ1v) is 24.5. The highest BCUT2D eigenvalue weighted by Gasteiger charge is 2.30. The van der Waals surface area contributed by atoms with Crippen LogP contribution in [0.1, 0.15) is 99.7 Å². The van der Waals surface area contributed by atoms with E-state index in [0.717, 1.165) is 110 Å². The maximum Gasteiger partial charge on any atom is 0.162 e. The summed E-state index contributed by atoms with van der Waals surface area (Å²) in [6.07, 6.45) is 5.33. The number of likely N-dealkylation sites (tertiary alicyclic amines) is 1. The second-order valence-electron chi connectivity index (χ2n) is 18.0. The van der Waals surface area contributed by atoms with E-state index in [1.807, 2.05) is 31.2 Å². The first-order chi connectivity index (χ1) is 32.1. The average Bonchev–Trinajstić information content (AvgIpc) is 4.02. The van der Waals surface area contributed by atoms with Gasteiger partial charge in [0.1, 0.15) is 40.7 Å². The lowest BCUT2D eigenvalue weighted by Gasteiger charge is -2.32. The summed E-state index contributed by atoms with van der Waals surface area (Å²) in [5.74, 6) is 4.22. The van der Waals surface area contributed by atoms with Crippen molar-refractivity contribution in [3.8, 4) is 22.2 Å². The Kier molecular flexibility index (Phi) is 14.2. The Morgan fingerprint density at radius 2 is 1.64 bits per heavy atom. The highest BCUT2D eigenvalue weighted by atomic mass is 32.1. The molecule has 3 aliphatic rings. The number of thiophene rings is 1. The lowest BCUT2D eigenvalue weighted by Crippen LogP contribution is -2.26. The van der Waals surface area contributed by atoms with E-state index in [0.29, 0.717) is 38.1 Å². The number of hydrogen-bond donors (Lipinski definition) is 1. The minimum atomic E-state index is -0.114. The van der Waals surface area contributed by atoms with Crippen LogP contribution in [0, 0.1) is 20.8 Å². The summed E-state index contributed by atoms with van der Waals surface area (Å²) in [5, 5.41) is 20.0. The van der Waals surface area contributed by atoms with E-state index in [4.69, 9.17) is 23.9 Å². The van der Waals surface area contributed by atoms with Crippen LogP contribution in [0.3, 0.4) is 0 Å². The second kappa shape index (κ2) is 20.5. The fourth-order valence-corrected chi connectivity index (χ4v) is 11.1. The van der Waals surface area contributed by atoms with Crippen molar-refractivity contribution in [2.24, 2.45) is 4.99 Å². The van der Waals surface area contributed by atoms with Gasteiger partial charge in [-0.3, -0.25) is 9.56 Å². The third kappa shape index (κ3) is 10.1. The van der Waals surface area contributed by atoms with E-state index in [-0.39, 0.29) is 12.1 Å². The van der Waals surface area contributed by atoms with E-state index in [1.54, 1.807) is 18.4 Å². The molecule has 11 nitrogen and oxygen atoms in total. The molecular weight excluding hydrogens is 845 g/mol. The number of anilines is 1. The Labute approximate surface area is 394 Å². The van der Waals surface area contributed by atoms with Gasteiger partial charge < -0.3 is 33.9 Å². The zero-order valence-electron chi connectivity index (χ0n) is 39.4. The number of benzene rings is 4. The van der Waals surface area contributed by atoms with Crippen molar-refractivity contribution in [2.75, 3.05) is 64.6 Å². The van der Waals surface area contributed by atoms with Crippen molar-refractivity contribution in [3.05, 3.63) is 146 Å². The van der Waals surface area contributed by atoms with Gasteiger partial charge in [-0.05, 0) is 148 Å². The summed E-state index contributed by atoms with van der Waals surface area (Å²) in [6.45, 7) is 17.5. The molecule has 6 aromatic rings. The van der Waals surface area contributed by atoms with Crippen LogP contribution >= 0.6 is 11.3 Å². The van der Waals surface area contributed by atoms with Crippen LogP contribution in [-0.4, -0.2) is 96.3 Å². The molecule has 0 amide bonds. The number of methoxy groups -OCH3 is 1. The molecule has 4 aromatic carbocycles. The molecule has 0 spiro atoms. The van der Waals surface area contributed by atoms with Gasteiger partial charge in [-0.2, -0.15) is 0 Å². The second-order valence-corrected chi connectivity index (χ2v) is 19.2. The van der Waals surface area contributed by atoms with Gasteiger partial charge in [-0.15, -0.1) is 21.5 Å². The predicted octanol–water partition coefficient (Wildman–Crippen LogP) is 9.91. The molecule has 1 aliphatic carbocycles. The van der Waals surface area contributed by atoms with Crippen LogP contribution in [-0.2, 0) is 35.3 Å². The van der Waals surface area contributed by atoms with Gasteiger partial charge in [-0.25, -0.2) is 0 Å². The Hall–Kier alpha value is -5.53. The van der Waals surface area contributed by atoms with E-state index < -0.39 is 0 Å². The number of aryl methyl sites for hydroxylation is 3. The van der Waals surface area contributed by atoms with Gasteiger partial charge in [0.05, 0.1) is 38.7 Å². The largest absolute Gasteiger partial charge is 0.508 e. The zero-order chi connectivity index (χ0) is 45.7. The Bertz CT molecular complexity index is 2640. The molecule has 0 saturated carbocycles. The van der Waals surface area contributed by atoms with E-state index in [2.05, 4.69) is 113 Å². The predicted molar refractivity (Wildman–Crippen MR) is 264 cm³/mol. The molecule has 0 radical (unpaired) electrons. The van der Waals surface area contributed by atoms with Crippen molar-refractivity contribution in [3.63, 3.8) is 0 Å². The summed E-state index contributed by atoms with van der Waals surface area (Å²) in [5.41, 5.74) is 12.3. The molecule has 2 aromatic heterocycles. The molecule has 0 unspecified atom stereocenters. The fourth-order valence-electron chi connectivity index (χ4n) is 9.88. The number of hydrogen-bond acceptors (Lipinski definition) is 11. The normalized spacial score (nSPS) is 18.0. The number of aromatic nitrogens is 3. The topological polar surface area (TPSA) is 107 Å². The first kappa shape index (κ1) is 45.6. The Morgan fingerprint density at radius 1 is 0.848 bits per heavy atom. The SMILES string of the molecule is CCN(Cc1ccc(CCN2CC[C@@H](OCCOCCOc3ccc(C4=N[C@@H](C)c5nnc(C)n5-c5sc(C)c(C)c54)cc3)C2)cc1)c1cc(OC)ccc1[C@@H]1CCc2cc(O)ccc2C1. The number of aliphatic imine (C=N–C) groups is 1. The molecule has 4 heterocycles. The molecule has 346 valence electrons. The number of fused-ring (bicyclic) bond motifs is 4. The monoisotopic (exact) mass is 908 g/mol. The quantitative estimate of drug-likeness (QED) is 0.0844. The smallest absolute Gasteiger partial charge is 0.162 e. The van der Waals surface area contributed by atoms with Crippen LogP contribution < -0.4 is 14.4 Å². The number of phenolic OH excluding ortho intramolecular Hbond substituents is 1. The van der Waals surface area contributed by atoms with Crippen LogP contribution in [0.25, 0.3) is 5.00 Å². The number of rotatable bonds is 18. The number of nitrogens with zero attached hydrogens (tertiary/aromatic N) is 6. The van der Waals surface area contributed by atoms with E-state index >= 15 is 0 Å². The Morgan fingerprint density at radius 3 is 2.44 bits per heavy atom. The third-order valence-electron chi connectivity index (χ3n) is 13.7. The lowest BCUT2D eigenvalue weighted by atomic mass is 9.79. The number of aromatic hydroxyl groups is 1. The molecule has 2 aliphatic heterocycles.